The minimum absolute atomic E-state index is 0.241. The second-order valence-electron chi connectivity index (χ2n) is 9.64. The number of benzene rings is 2. The van der Waals surface area contributed by atoms with Crippen LogP contribution in [0.2, 0.25) is 0 Å². The molecule has 0 radical (unpaired) electrons. The van der Waals surface area contributed by atoms with Gasteiger partial charge in [0.05, 0.1) is 37.7 Å². The molecule has 4 N–H and O–H groups in total. The molecule has 1 atom stereocenters. The van der Waals surface area contributed by atoms with Gasteiger partial charge in [0, 0.05) is 47.9 Å². The summed E-state index contributed by atoms with van der Waals surface area (Å²) in [5.41, 5.74) is 15.8. The molecule has 0 spiro atoms. The molecule has 2 aromatic carbocycles. The summed E-state index contributed by atoms with van der Waals surface area (Å²) < 4.78 is 30.1. The molecule has 40 heavy (non-hydrogen) atoms. The summed E-state index contributed by atoms with van der Waals surface area (Å²) >= 11 is 0. The van der Waals surface area contributed by atoms with Crippen LogP contribution < -0.4 is 25.7 Å². The normalized spacial score (nSPS) is 12.2. The number of likely N-dealkylation sites (N-methyl/N-ethyl adjacent to an activating group) is 1. The molecular weight excluding hydrogens is 511 g/mol. The number of aromatic nitrogens is 3. The fourth-order valence-electron chi connectivity index (χ4n) is 4.67. The zero-order valence-corrected chi connectivity index (χ0v) is 22.6. The number of rotatable bonds is 10. The maximum atomic E-state index is 13.2. The molecule has 10 heteroatoms. The smallest absolute Gasteiger partial charge is 0.162 e. The summed E-state index contributed by atoms with van der Waals surface area (Å²) in [6, 6.07) is 13.8. The molecular formula is C30H31FN6O3. The van der Waals surface area contributed by atoms with Crippen LogP contribution in [0.5, 0.6) is 17.2 Å². The van der Waals surface area contributed by atoms with Crippen molar-refractivity contribution >= 4 is 27.5 Å². The number of hydrogen-bond acceptors (Lipinski definition) is 9. The molecule has 0 aliphatic heterocycles. The standard InChI is InChI=1S/C30H31FN6O3/c1-37(15-18-4-6-20(31)7-5-18)16-21(32)17-40-22-8-19(12-34-13-22)26-9-23-24-10-28(38-2)29(39-3)11-27(24)35-14-25(23)30(33)36-26/h4-14,21H,15-17,32H2,1-3H3,(H2,33,36)/t21-/m1/s1. The van der Waals surface area contributed by atoms with Gasteiger partial charge in [-0.2, -0.15) is 0 Å². The van der Waals surface area contributed by atoms with Crippen molar-refractivity contribution in [2.24, 2.45) is 5.73 Å². The molecule has 0 unspecified atom stereocenters. The fourth-order valence-corrected chi connectivity index (χ4v) is 4.67. The van der Waals surface area contributed by atoms with Crippen molar-refractivity contribution in [3.05, 3.63) is 78.5 Å². The Morgan fingerprint density at radius 2 is 1.68 bits per heavy atom. The Bertz CT molecular complexity index is 1650. The summed E-state index contributed by atoms with van der Waals surface area (Å²) in [6.45, 7) is 1.55. The highest BCUT2D eigenvalue weighted by atomic mass is 19.1. The highest BCUT2D eigenvalue weighted by molar-refractivity contribution is 6.10. The van der Waals surface area contributed by atoms with Gasteiger partial charge in [0.25, 0.3) is 0 Å². The molecule has 0 fully saturated rings. The first-order valence-corrected chi connectivity index (χ1v) is 12.7. The van der Waals surface area contributed by atoms with Gasteiger partial charge >= 0.3 is 0 Å². The minimum Gasteiger partial charge on any atom is -0.493 e. The van der Waals surface area contributed by atoms with Crippen molar-refractivity contribution in [2.75, 3.05) is 40.2 Å². The van der Waals surface area contributed by atoms with Crippen LogP contribution in [-0.2, 0) is 6.54 Å². The van der Waals surface area contributed by atoms with Crippen molar-refractivity contribution in [3.8, 4) is 28.5 Å². The predicted octanol–water partition coefficient (Wildman–Crippen LogP) is 4.42. The average Bonchev–Trinajstić information content (AvgIpc) is 2.96. The van der Waals surface area contributed by atoms with Gasteiger partial charge in [-0.15, -0.1) is 0 Å². The number of fused-ring (bicyclic) bond motifs is 3. The number of nitrogen functional groups attached to an aromatic ring is 1. The minimum atomic E-state index is -0.250. The zero-order chi connectivity index (χ0) is 28.2. The molecule has 0 saturated carbocycles. The number of halogens is 1. The Kier molecular flexibility index (Phi) is 7.90. The van der Waals surface area contributed by atoms with E-state index in [0.29, 0.717) is 48.5 Å². The second-order valence-corrected chi connectivity index (χ2v) is 9.64. The highest BCUT2D eigenvalue weighted by Crippen LogP contribution is 2.37. The first kappa shape index (κ1) is 27.0. The van der Waals surface area contributed by atoms with E-state index in [9.17, 15) is 4.39 Å². The lowest BCUT2D eigenvalue weighted by Gasteiger charge is -2.21. The monoisotopic (exact) mass is 542 g/mol. The van der Waals surface area contributed by atoms with Gasteiger partial charge in [0.2, 0.25) is 0 Å². The lowest BCUT2D eigenvalue weighted by Crippen LogP contribution is -2.39. The van der Waals surface area contributed by atoms with Gasteiger partial charge in [0.15, 0.2) is 11.5 Å². The second kappa shape index (κ2) is 11.7. The Morgan fingerprint density at radius 3 is 2.42 bits per heavy atom. The van der Waals surface area contributed by atoms with Gasteiger partial charge in [-0.1, -0.05) is 12.1 Å². The molecule has 9 nitrogen and oxygen atoms in total. The van der Waals surface area contributed by atoms with Gasteiger partial charge in [0.1, 0.15) is 24.0 Å². The van der Waals surface area contributed by atoms with Crippen LogP contribution in [0.15, 0.2) is 67.1 Å². The molecule has 206 valence electrons. The summed E-state index contributed by atoms with van der Waals surface area (Å²) in [6.07, 6.45) is 5.06. The molecule has 0 aliphatic rings. The molecule has 5 rings (SSSR count). The SMILES string of the molecule is COc1cc2ncc3c(N)nc(-c4cncc(OC[C@H](N)CN(C)Cc5ccc(F)cc5)c4)cc3c2cc1OC. The third-order valence-corrected chi connectivity index (χ3v) is 6.60. The maximum absolute atomic E-state index is 13.2. The van der Waals surface area contributed by atoms with Crippen molar-refractivity contribution in [1.82, 2.24) is 19.9 Å². The van der Waals surface area contributed by atoms with E-state index < -0.39 is 0 Å². The lowest BCUT2D eigenvalue weighted by molar-refractivity contribution is 0.232. The van der Waals surface area contributed by atoms with E-state index >= 15 is 0 Å². The van der Waals surface area contributed by atoms with Crippen molar-refractivity contribution in [3.63, 3.8) is 0 Å². The van der Waals surface area contributed by atoms with Crippen LogP contribution in [0.4, 0.5) is 10.2 Å². The van der Waals surface area contributed by atoms with E-state index in [4.69, 9.17) is 25.7 Å². The average molecular weight is 543 g/mol. The van der Waals surface area contributed by atoms with Gasteiger partial charge < -0.3 is 30.6 Å². The van der Waals surface area contributed by atoms with Gasteiger partial charge in [-0.3, -0.25) is 9.97 Å². The largest absolute Gasteiger partial charge is 0.493 e. The molecule has 0 amide bonds. The number of nitrogens with zero attached hydrogens (tertiary/aromatic N) is 4. The zero-order valence-electron chi connectivity index (χ0n) is 22.6. The van der Waals surface area contributed by atoms with Crippen LogP contribution >= 0.6 is 0 Å². The van der Waals surface area contributed by atoms with Crippen LogP contribution in [0.3, 0.4) is 0 Å². The van der Waals surface area contributed by atoms with Crippen LogP contribution in [0.1, 0.15) is 5.56 Å². The van der Waals surface area contributed by atoms with Crippen LogP contribution in [0.25, 0.3) is 32.9 Å². The predicted molar refractivity (Wildman–Crippen MR) is 154 cm³/mol. The molecule has 0 saturated heterocycles. The molecule has 3 heterocycles. The number of nitrogens with two attached hydrogens (primary N) is 2. The highest BCUT2D eigenvalue weighted by Gasteiger charge is 2.15. The third-order valence-electron chi connectivity index (χ3n) is 6.60. The maximum Gasteiger partial charge on any atom is 0.162 e. The van der Waals surface area contributed by atoms with E-state index in [-0.39, 0.29) is 11.9 Å². The topological polar surface area (TPSA) is 122 Å². The summed E-state index contributed by atoms with van der Waals surface area (Å²) in [5.74, 6) is 1.87. The molecule has 5 aromatic rings. The van der Waals surface area contributed by atoms with Crippen molar-refractivity contribution < 1.29 is 18.6 Å². The number of pyridine rings is 3. The van der Waals surface area contributed by atoms with E-state index in [1.54, 1.807) is 44.9 Å². The number of methoxy groups -OCH3 is 2. The van der Waals surface area contributed by atoms with E-state index in [1.807, 2.05) is 31.3 Å². The van der Waals surface area contributed by atoms with Gasteiger partial charge in [-0.05, 0) is 48.3 Å². The third kappa shape index (κ3) is 5.88. The van der Waals surface area contributed by atoms with Crippen LogP contribution in [-0.4, -0.2) is 60.3 Å². The van der Waals surface area contributed by atoms with E-state index in [0.717, 1.165) is 32.8 Å². The Hall–Kier alpha value is -4.54. The van der Waals surface area contributed by atoms with Gasteiger partial charge in [-0.25, -0.2) is 9.37 Å². The number of anilines is 1. The summed E-state index contributed by atoms with van der Waals surface area (Å²) in [5, 5.41) is 2.48. The lowest BCUT2D eigenvalue weighted by atomic mass is 10.0. The first-order valence-electron chi connectivity index (χ1n) is 12.7. The first-order chi connectivity index (χ1) is 19.3. The fraction of sp³-hybridized carbons (Fsp3) is 0.233. The van der Waals surface area contributed by atoms with E-state index in [2.05, 4.69) is 19.9 Å². The number of hydrogen-bond donors (Lipinski definition) is 2. The Balaban J connectivity index is 1.34. The van der Waals surface area contributed by atoms with Crippen molar-refractivity contribution in [2.45, 2.75) is 12.6 Å². The number of ether oxygens (including phenoxy) is 3. The molecule has 0 bridgehead atoms. The van der Waals surface area contributed by atoms with E-state index in [1.165, 1.54) is 12.1 Å². The Morgan fingerprint density at radius 1 is 0.925 bits per heavy atom. The molecule has 0 aliphatic carbocycles. The molecule has 3 aromatic heterocycles. The summed E-state index contributed by atoms with van der Waals surface area (Å²) in [7, 11) is 5.15. The van der Waals surface area contributed by atoms with Crippen molar-refractivity contribution in [1.29, 1.82) is 0 Å². The van der Waals surface area contributed by atoms with Crippen LogP contribution in [0, 0.1) is 5.82 Å². The quantitative estimate of drug-likeness (QED) is 0.247. The summed E-state index contributed by atoms with van der Waals surface area (Å²) in [4.78, 5) is 15.6. The Labute approximate surface area is 231 Å².